The van der Waals surface area contributed by atoms with Crippen molar-refractivity contribution in [2.24, 2.45) is 7.05 Å². The second-order valence-corrected chi connectivity index (χ2v) is 8.02. The summed E-state index contributed by atoms with van der Waals surface area (Å²) in [5.41, 5.74) is 1.31. The Bertz CT molecular complexity index is 1320. The number of anilines is 3. The van der Waals surface area contributed by atoms with Crippen LogP contribution in [0.1, 0.15) is 28.3 Å². The van der Waals surface area contributed by atoms with Crippen LogP contribution in [0.2, 0.25) is 0 Å². The predicted octanol–water partition coefficient (Wildman–Crippen LogP) is 2.64. The first kappa shape index (κ1) is 19.3. The van der Waals surface area contributed by atoms with Gasteiger partial charge in [-0.15, -0.1) is 0 Å². The largest absolute Gasteiger partial charge is 0.494 e. The lowest BCUT2D eigenvalue weighted by molar-refractivity contribution is 0.0963. The minimum absolute atomic E-state index is 0.0179. The van der Waals surface area contributed by atoms with Crippen LogP contribution in [-0.2, 0) is 7.05 Å². The van der Waals surface area contributed by atoms with E-state index in [2.05, 4.69) is 20.4 Å². The number of carbonyl (C=O) groups excluding carboxylic acids is 2. The van der Waals surface area contributed by atoms with E-state index in [9.17, 15) is 9.59 Å². The Balaban J connectivity index is 1.77. The van der Waals surface area contributed by atoms with Crippen LogP contribution < -0.4 is 20.3 Å². The maximum absolute atomic E-state index is 12.9. The number of amides is 3. The van der Waals surface area contributed by atoms with Crippen molar-refractivity contribution in [2.75, 3.05) is 37.4 Å². The first-order valence-electron chi connectivity index (χ1n) is 12.2. The molecule has 1 fully saturated rings. The van der Waals surface area contributed by atoms with Gasteiger partial charge < -0.3 is 20.3 Å². The summed E-state index contributed by atoms with van der Waals surface area (Å²) in [6.45, 7) is 2.13. The zero-order valence-electron chi connectivity index (χ0n) is 22.4. The topological polar surface area (TPSA) is 118 Å². The molecule has 0 saturated carbocycles. The summed E-state index contributed by atoms with van der Waals surface area (Å²) in [7, 11) is 3.25. The fraction of sp³-hybridized carbons (Fsp3) is 0.348. The predicted molar refractivity (Wildman–Crippen MR) is 128 cm³/mol. The number of aromatic nitrogens is 4. The molecule has 11 nitrogen and oxygen atoms in total. The zero-order chi connectivity index (χ0) is 26.9. The molecule has 2 N–H and O–H groups in total. The number of methoxy groups -OCH3 is 1. The normalized spacial score (nSPS) is 15.2. The minimum atomic E-state index is -2.70. The van der Waals surface area contributed by atoms with Crippen LogP contribution in [0.15, 0.2) is 36.8 Å². The van der Waals surface area contributed by atoms with E-state index in [1.807, 2.05) is 19.2 Å². The molecule has 1 aromatic carbocycles. The number of pyridine rings is 1. The number of carbonyl (C=O) groups is 2. The molecular formula is C23H28N8O3. The van der Waals surface area contributed by atoms with Gasteiger partial charge >= 0.3 is 6.03 Å². The lowest BCUT2D eigenvalue weighted by atomic mass is 10.1. The smallest absolute Gasteiger partial charge is 0.326 e. The third-order valence-corrected chi connectivity index (χ3v) is 5.52. The van der Waals surface area contributed by atoms with Crippen LogP contribution in [0.25, 0.3) is 11.4 Å². The maximum atomic E-state index is 12.9. The molecule has 0 aliphatic carbocycles. The molecule has 178 valence electrons. The van der Waals surface area contributed by atoms with Crippen molar-refractivity contribution in [1.82, 2.24) is 30.0 Å². The third kappa shape index (κ3) is 4.24. The number of nitrogens with zero attached hydrogens (tertiary/aromatic N) is 6. The summed E-state index contributed by atoms with van der Waals surface area (Å²) < 4.78 is 29.5. The average molecular weight is 468 g/mol. The summed E-state index contributed by atoms with van der Waals surface area (Å²) in [5, 5.41) is 9.49. The number of nitrogens with one attached hydrogen (secondary N) is 2. The van der Waals surface area contributed by atoms with E-state index in [1.54, 1.807) is 47.2 Å². The first-order chi connectivity index (χ1) is 17.5. The van der Waals surface area contributed by atoms with E-state index in [1.165, 1.54) is 18.2 Å². The number of hydrogen-bond acceptors (Lipinski definition) is 7. The SMILES string of the molecule is [2H]C([2H])([2H])NC(=O)c1cnc(N2CCN(C(C)C)C2=O)cc1Nc1cccc(-c2ncn(C)n2)c1OC. The third-order valence-electron chi connectivity index (χ3n) is 5.52. The van der Waals surface area contributed by atoms with Crippen molar-refractivity contribution in [3.05, 3.63) is 42.4 Å². The van der Waals surface area contributed by atoms with Gasteiger partial charge in [-0.3, -0.25) is 14.4 Å². The number of ether oxygens (including phenoxy) is 1. The van der Waals surface area contributed by atoms with Crippen molar-refractivity contribution in [1.29, 1.82) is 0 Å². The number of urea groups is 1. The van der Waals surface area contributed by atoms with Crippen LogP contribution in [0.3, 0.4) is 0 Å². The lowest BCUT2D eigenvalue weighted by Crippen LogP contribution is -2.36. The van der Waals surface area contributed by atoms with Crippen molar-refractivity contribution < 1.29 is 18.4 Å². The molecule has 0 unspecified atom stereocenters. The summed E-state index contributed by atoms with van der Waals surface area (Å²) in [5.74, 6) is 0.329. The van der Waals surface area contributed by atoms with Gasteiger partial charge in [0, 0.05) is 49.5 Å². The first-order valence-corrected chi connectivity index (χ1v) is 10.7. The summed E-state index contributed by atoms with van der Waals surface area (Å²) in [6.07, 6.45) is 2.81. The van der Waals surface area contributed by atoms with Gasteiger partial charge in [0.1, 0.15) is 12.1 Å². The van der Waals surface area contributed by atoms with Crippen molar-refractivity contribution in [3.63, 3.8) is 0 Å². The van der Waals surface area contributed by atoms with Crippen LogP contribution >= 0.6 is 0 Å². The molecule has 1 aliphatic rings. The Hall–Kier alpha value is -4.15. The highest BCUT2D eigenvalue weighted by atomic mass is 16.5. The molecule has 34 heavy (non-hydrogen) atoms. The molecule has 0 atom stereocenters. The Kier molecular flexibility index (Phi) is 5.33. The molecule has 0 bridgehead atoms. The maximum Gasteiger partial charge on any atom is 0.326 e. The van der Waals surface area contributed by atoms with Gasteiger partial charge in [-0.1, -0.05) is 6.07 Å². The zero-order valence-corrected chi connectivity index (χ0v) is 19.4. The van der Waals surface area contributed by atoms with Gasteiger partial charge in [0.15, 0.2) is 11.6 Å². The molecule has 11 heteroatoms. The summed E-state index contributed by atoms with van der Waals surface area (Å²) in [4.78, 5) is 37.6. The van der Waals surface area contributed by atoms with E-state index >= 15 is 0 Å². The highest BCUT2D eigenvalue weighted by molar-refractivity contribution is 6.02. The quantitative estimate of drug-likeness (QED) is 0.548. The van der Waals surface area contributed by atoms with Crippen LogP contribution in [0, 0.1) is 0 Å². The molecule has 1 aliphatic heterocycles. The molecule has 1 saturated heterocycles. The van der Waals surface area contributed by atoms with Crippen molar-refractivity contribution in [2.45, 2.75) is 19.9 Å². The van der Waals surface area contributed by atoms with E-state index in [4.69, 9.17) is 8.85 Å². The Morgan fingerprint density at radius 3 is 2.71 bits per heavy atom. The van der Waals surface area contributed by atoms with E-state index in [-0.39, 0.29) is 23.3 Å². The highest BCUT2D eigenvalue weighted by Crippen LogP contribution is 2.37. The molecule has 3 aromatic rings. The Labute approximate surface area is 202 Å². The van der Waals surface area contributed by atoms with Crippen LogP contribution in [0.5, 0.6) is 5.75 Å². The molecule has 3 heterocycles. The second kappa shape index (κ2) is 9.38. The van der Waals surface area contributed by atoms with Gasteiger partial charge in [0.25, 0.3) is 5.91 Å². The van der Waals surface area contributed by atoms with Gasteiger partial charge in [-0.25, -0.2) is 14.8 Å². The lowest BCUT2D eigenvalue weighted by Gasteiger charge is -2.22. The summed E-state index contributed by atoms with van der Waals surface area (Å²) >= 11 is 0. The monoisotopic (exact) mass is 467 g/mol. The number of aryl methyl sites for hydroxylation is 1. The van der Waals surface area contributed by atoms with E-state index in [0.717, 1.165) is 0 Å². The minimum Gasteiger partial charge on any atom is -0.494 e. The standard InChI is InChI=1S/C23H28N8O3/c1-14(2)30-9-10-31(23(30)33)19-11-18(16(12-25-19)22(32)24-3)27-17-8-6-7-15(20(17)34-5)21-26-13-29(4)28-21/h6-8,11-14H,9-10H2,1-5H3,(H,24,32)(H,25,27)/i3D3. The molecule has 0 spiro atoms. The van der Waals surface area contributed by atoms with Crippen LogP contribution in [-0.4, -0.2) is 69.8 Å². The molecule has 0 radical (unpaired) electrons. The fourth-order valence-electron chi connectivity index (χ4n) is 3.83. The number of hydrogen-bond donors (Lipinski definition) is 2. The summed E-state index contributed by atoms with van der Waals surface area (Å²) in [6, 6.07) is 6.66. The second-order valence-electron chi connectivity index (χ2n) is 8.02. The van der Waals surface area contributed by atoms with Gasteiger partial charge in [0.2, 0.25) is 0 Å². The number of para-hydroxylation sites is 1. The molecule has 3 amide bonds. The van der Waals surface area contributed by atoms with Crippen LogP contribution in [0.4, 0.5) is 22.0 Å². The van der Waals surface area contributed by atoms with Crippen molar-refractivity contribution >= 4 is 29.1 Å². The van der Waals surface area contributed by atoms with E-state index in [0.29, 0.717) is 41.7 Å². The number of benzene rings is 1. The van der Waals surface area contributed by atoms with E-state index < -0.39 is 12.9 Å². The molecular weight excluding hydrogens is 436 g/mol. The van der Waals surface area contributed by atoms with Crippen molar-refractivity contribution in [3.8, 4) is 17.1 Å². The Morgan fingerprint density at radius 1 is 1.24 bits per heavy atom. The molecule has 4 rings (SSSR count). The number of rotatable bonds is 7. The Morgan fingerprint density at radius 2 is 2.06 bits per heavy atom. The van der Waals surface area contributed by atoms with Gasteiger partial charge in [-0.05, 0) is 26.0 Å². The van der Waals surface area contributed by atoms with Gasteiger partial charge in [-0.2, -0.15) is 5.10 Å². The average Bonchev–Trinajstić information content (AvgIpc) is 3.43. The highest BCUT2D eigenvalue weighted by Gasteiger charge is 2.32. The fourth-order valence-corrected chi connectivity index (χ4v) is 3.83. The molecule has 2 aromatic heterocycles. The van der Waals surface area contributed by atoms with Gasteiger partial charge in [0.05, 0.1) is 29.6 Å².